The molecule has 4 heterocycles. The number of piperidine rings is 3. The van der Waals surface area contributed by atoms with E-state index in [9.17, 15) is 32.7 Å². The molecule has 45 heavy (non-hydrogen) atoms. The molecule has 0 aliphatic carbocycles. The number of quaternary nitrogens is 1. The van der Waals surface area contributed by atoms with Crippen LogP contribution in [-0.2, 0) is 29.5 Å². The Bertz CT molecular complexity index is 1290. The standard InChI is InChI=1S/C30H37N3O5.C2HF3O2/c34-27(31-16-8-18-32-17-7-13-28(32)35)22-33-19-14-23(15-20-33)26(21-33)38-29(36)30(37,24-9-3-1-4-10-24)25-11-5-2-6-12-25;3-2(4,5)1(6)7/h1-6,9-12,23,26,37H,7-8,13-22H2;(H,6,7)/t23?,26-,33?;/m0./s1. The molecular weight excluding hydrogens is 595 g/mol. The second-order valence-electron chi connectivity index (χ2n) is 11.8. The molecule has 1 atom stereocenters. The minimum atomic E-state index is -5.19. The quantitative estimate of drug-likeness (QED) is 0.230. The van der Waals surface area contributed by atoms with Gasteiger partial charge in [-0.25, -0.2) is 4.79 Å². The fourth-order valence-electron chi connectivity index (χ4n) is 6.36. The number of rotatable bonds is 10. The zero-order valence-electron chi connectivity index (χ0n) is 24.8. The highest BCUT2D eigenvalue weighted by molar-refractivity contribution is 5.85. The van der Waals surface area contributed by atoms with Crippen molar-refractivity contribution < 1.29 is 51.8 Å². The van der Waals surface area contributed by atoms with Gasteiger partial charge in [-0.3, -0.25) is 9.59 Å². The maximum absolute atomic E-state index is 13.7. The van der Waals surface area contributed by atoms with Crippen molar-refractivity contribution in [1.82, 2.24) is 10.2 Å². The number of carboxylic acid groups (broad SMARTS) is 1. The molecule has 4 fully saturated rings. The Hall–Kier alpha value is -3.97. The first-order chi connectivity index (χ1) is 21.3. The normalized spacial score (nSPS) is 22.8. The Morgan fingerprint density at radius 3 is 2.04 bits per heavy atom. The van der Waals surface area contributed by atoms with E-state index in [1.165, 1.54) is 0 Å². The summed E-state index contributed by atoms with van der Waals surface area (Å²) in [7, 11) is 0. The van der Waals surface area contributed by atoms with Gasteiger partial charge in [0.25, 0.3) is 5.91 Å². The maximum atomic E-state index is 13.7. The average molecular weight is 634 g/mol. The number of alkyl halides is 3. The Morgan fingerprint density at radius 2 is 1.56 bits per heavy atom. The van der Waals surface area contributed by atoms with Crippen LogP contribution in [0.2, 0.25) is 0 Å². The molecule has 0 unspecified atom stereocenters. The Balaban J connectivity index is 0.000000591. The van der Waals surface area contributed by atoms with Gasteiger partial charge in [-0.1, -0.05) is 60.7 Å². The SMILES string of the molecule is O=C(C[N+]12CCC(CC1)[C@@H](OC(=O)C(O)(c1ccccc1)c1ccccc1)C2)NCCCN1CCCC1=O.O=C([O-])C(F)(F)F. The third kappa shape index (κ3) is 8.40. The lowest BCUT2D eigenvalue weighted by molar-refractivity contribution is -0.939. The number of halogens is 3. The zero-order valence-corrected chi connectivity index (χ0v) is 24.8. The van der Waals surface area contributed by atoms with Gasteiger partial charge in [0.2, 0.25) is 11.5 Å². The molecule has 2 amide bonds. The number of ether oxygens (including phenoxy) is 1. The summed E-state index contributed by atoms with van der Waals surface area (Å²) >= 11 is 0. The largest absolute Gasteiger partial charge is 0.542 e. The number of hydrogen-bond acceptors (Lipinski definition) is 7. The summed E-state index contributed by atoms with van der Waals surface area (Å²) in [5.74, 6) is -3.25. The predicted molar refractivity (Wildman–Crippen MR) is 153 cm³/mol. The Morgan fingerprint density at radius 1 is 1.00 bits per heavy atom. The van der Waals surface area contributed by atoms with Crippen LogP contribution >= 0.6 is 0 Å². The highest BCUT2D eigenvalue weighted by Crippen LogP contribution is 2.38. The number of carbonyl (C=O) groups is 4. The number of benzene rings is 2. The van der Waals surface area contributed by atoms with Crippen molar-refractivity contribution >= 4 is 23.8 Å². The summed E-state index contributed by atoms with van der Waals surface area (Å²) in [5.41, 5.74) is -0.972. The molecule has 2 N–H and O–H groups in total. The summed E-state index contributed by atoms with van der Waals surface area (Å²) in [5, 5.41) is 23.6. The van der Waals surface area contributed by atoms with E-state index >= 15 is 0 Å². The van der Waals surface area contributed by atoms with Gasteiger partial charge in [0, 0.05) is 44.8 Å². The van der Waals surface area contributed by atoms with Crippen LogP contribution in [0.3, 0.4) is 0 Å². The van der Waals surface area contributed by atoms with Crippen molar-refractivity contribution in [2.24, 2.45) is 5.92 Å². The molecule has 4 aliphatic heterocycles. The minimum Gasteiger partial charge on any atom is -0.542 e. The molecule has 244 valence electrons. The van der Waals surface area contributed by atoms with Crippen molar-refractivity contribution in [3.8, 4) is 0 Å². The molecule has 0 saturated carbocycles. The lowest BCUT2D eigenvalue weighted by Gasteiger charge is -2.51. The van der Waals surface area contributed by atoms with Crippen molar-refractivity contribution in [3.63, 3.8) is 0 Å². The summed E-state index contributed by atoms with van der Waals surface area (Å²) in [6.45, 7) is 4.75. The van der Waals surface area contributed by atoms with Gasteiger partial charge in [-0.2, -0.15) is 13.2 Å². The van der Waals surface area contributed by atoms with Crippen LogP contribution in [0.5, 0.6) is 0 Å². The predicted octanol–water partition coefficient (Wildman–Crippen LogP) is 1.50. The first-order valence-electron chi connectivity index (χ1n) is 15.1. The number of nitrogens with zero attached hydrogens (tertiary/aromatic N) is 2. The van der Waals surface area contributed by atoms with Crippen LogP contribution in [-0.4, -0.2) is 96.3 Å². The van der Waals surface area contributed by atoms with E-state index in [-0.39, 0.29) is 23.8 Å². The molecular formula is C32H38F3N3O7. The van der Waals surface area contributed by atoms with Crippen molar-refractivity contribution in [3.05, 3.63) is 71.8 Å². The maximum Gasteiger partial charge on any atom is 0.430 e. The lowest BCUT2D eigenvalue weighted by atomic mass is 9.82. The summed E-state index contributed by atoms with van der Waals surface area (Å²) in [6.07, 6.45) is -1.47. The number of carboxylic acids is 1. The highest BCUT2D eigenvalue weighted by atomic mass is 19.4. The van der Waals surface area contributed by atoms with Crippen LogP contribution in [0.1, 0.15) is 43.2 Å². The van der Waals surface area contributed by atoms with E-state index in [1.807, 2.05) is 17.0 Å². The van der Waals surface area contributed by atoms with E-state index in [1.54, 1.807) is 48.5 Å². The molecule has 2 aromatic carbocycles. The number of aliphatic carboxylic acids is 1. The van der Waals surface area contributed by atoms with Crippen molar-refractivity contribution in [2.45, 2.75) is 50.0 Å². The number of nitrogens with one attached hydrogen (secondary N) is 1. The fraction of sp³-hybridized carbons (Fsp3) is 0.500. The zero-order chi connectivity index (χ0) is 32.7. The van der Waals surface area contributed by atoms with Crippen LogP contribution < -0.4 is 10.4 Å². The molecule has 10 nitrogen and oxygen atoms in total. The monoisotopic (exact) mass is 633 g/mol. The van der Waals surface area contributed by atoms with Gasteiger partial charge in [-0.05, 0) is 24.0 Å². The Kier molecular flexibility index (Phi) is 10.9. The minimum absolute atomic E-state index is 0.00625. The molecule has 4 saturated heterocycles. The molecule has 0 radical (unpaired) electrons. The molecule has 13 heteroatoms. The van der Waals surface area contributed by atoms with E-state index in [0.717, 1.165) is 45.3 Å². The first-order valence-corrected chi connectivity index (χ1v) is 15.1. The van der Waals surface area contributed by atoms with Crippen molar-refractivity contribution in [1.29, 1.82) is 0 Å². The van der Waals surface area contributed by atoms with E-state index in [4.69, 9.17) is 14.6 Å². The summed E-state index contributed by atoms with van der Waals surface area (Å²) in [6, 6.07) is 17.8. The van der Waals surface area contributed by atoms with Gasteiger partial charge in [0.15, 0.2) is 12.6 Å². The van der Waals surface area contributed by atoms with Gasteiger partial charge in [0.05, 0.1) is 13.1 Å². The van der Waals surface area contributed by atoms with Gasteiger partial charge in [-0.15, -0.1) is 0 Å². The first kappa shape index (κ1) is 33.9. The number of likely N-dealkylation sites (tertiary alicyclic amines) is 1. The van der Waals surface area contributed by atoms with E-state index in [2.05, 4.69) is 5.32 Å². The smallest absolute Gasteiger partial charge is 0.430 e. The third-order valence-corrected chi connectivity index (χ3v) is 8.79. The average Bonchev–Trinajstić information content (AvgIpc) is 3.44. The summed E-state index contributed by atoms with van der Waals surface area (Å²) < 4.78 is 38.2. The second kappa shape index (κ2) is 14.4. The van der Waals surface area contributed by atoms with E-state index < -0.39 is 23.7 Å². The molecule has 4 aliphatic rings. The number of fused-ring (bicyclic) bond motifs is 3. The number of aliphatic hydroxyl groups is 1. The van der Waals surface area contributed by atoms with Crippen LogP contribution in [0.4, 0.5) is 13.2 Å². The topological polar surface area (TPSA) is 136 Å². The fourth-order valence-corrected chi connectivity index (χ4v) is 6.36. The number of esters is 1. The van der Waals surface area contributed by atoms with E-state index in [0.29, 0.717) is 48.2 Å². The van der Waals surface area contributed by atoms with Gasteiger partial charge < -0.3 is 34.4 Å². The molecule has 0 spiro atoms. The molecule has 2 aromatic rings. The third-order valence-electron chi connectivity index (χ3n) is 8.79. The van der Waals surface area contributed by atoms with Gasteiger partial charge in [0.1, 0.15) is 12.5 Å². The molecule has 6 rings (SSSR count). The van der Waals surface area contributed by atoms with Gasteiger partial charge >= 0.3 is 12.1 Å². The van der Waals surface area contributed by atoms with Crippen molar-refractivity contribution in [2.75, 3.05) is 45.8 Å². The lowest BCUT2D eigenvalue weighted by Crippen LogP contribution is -2.67. The summed E-state index contributed by atoms with van der Waals surface area (Å²) in [4.78, 5) is 48.9. The highest BCUT2D eigenvalue weighted by Gasteiger charge is 2.51. The molecule has 2 bridgehead atoms. The molecule has 0 aromatic heterocycles. The van der Waals surface area contributed by atoms with Crippen LogP contribution in [0.25, 0.3) is 0 Å². The van der Waals surface area contributed by atoms with Crippen LogP contribution in [0.15, 0.2) is 60.7 Å². The number of hydrogen-bond donors (Lipinski definition) is 2. The second-order valence-corrected chi connectivity index (χ2v) is 11.8. The number of carbonyl (C=O) groups excluding carboxylic acids is 4. The van der Waals surface area contributed by atoms with Crippen LogP contribution in [0, 0.1) is 5.92 Å². The Labute approximate surface area is 259 Å². The number of amides is 2.